The molecule has 1 amide bonds. The molecular weight excluding hydrogens is 353 g/mol. The summed E-state index contributed by atoms with van der Waals surface area (Å²) in [6.07, 6.45) is 3.17. The number of carbonyl (C=O) groups is 1. The molecule has 0 aliphatic heterocycles. The maximum Gasteiger partial charge on any atom is 0.276 e. The first-order valence-electron chi connectivity index (χ1n) is 7.69. The fraction of sp³-hybridized carbons (Fsp3) is 0. The number of amides is 1. The van der Waals surface area contributed by atoms with Crippen molar-refractivity contribution in [1.29, 1.82) is 0 Å². The number of hydrogen-bond donors (Lipinski definition) is 1. The lowest BCUT2D eigenvalue weighted by Gasteiger charge is -2.07. The van der Waals surface area contributed by atoms with Gasteiger partial charge >= 0.3 is 0 Å². The van der Waals surface area contributed by atoms with Gasteiger partial charge in [0.2, 0.25) is 0 Å². The van der Waals surface area contributed by atoms with Gasteiger partial charge in [-0.25, -0.2) is 14.1 Å². The van der Waals surface area contributed by atoms with Crippen LogP contribution in [0.2, 0.25) is 0 Å². The first-order valence-corrected chi connectivity index (χ1v) is 8.57. The SMILES string of the molecule is O=C(Nc1nc(-c2ccccn2)cs1)c1ccnn1-c1cccc(F)c1. The van der Waals surface area contributed by atoms with E-state index in [4.69, 9.17) is 0 Å². The number of thiazole rings is 1. The third kappa shape index (κ3) is 3.22. The summed E-state index contributed by atoms with van der Waals surface area (Å²) < 4.78 is 14.8. The Balaban J connectivity index is 1.57. The van der Waals surface area contributed by atoms with Crippen LogP contribution in [0.25, 0.3) is 17.1 Å². The third-order valence-electron chi connectivity index (χ3n) is 3.58. The van der Waals surface area contributed by atoms with Crippen molar-refractivity contribution in [2.75, 3.05) is 5.32 Å². The van der Waals surface area contributed by atoms with Gasteiger partial charge in [-0.05, 0) is 36.4 Å². The van der Waals surface area contributed by atoms with Gasteiger partial charge < -0.3 is 0 Å². The first kappa shape index (κ1) is 16.1. The molecule has 0 saturated carbocycles. The molecule has 8 heteroatoms. The van der Waals surface area contributed by atoms with Crippen LogP contribution in [0.5, 0.6) is 0 Å². The number of rotatable bonds is 4. The van der Waals surface area contributed by atoms with Crippen LogP contribution in [0.1, 0.15) is 10.5 Å². The topological polar surface area (TPSA) is 72.7 Å². The Hall–Kier alpha value is -3.39. The van der Waals surface area contributed by atoms with Crippen molar-refractivity contribution in [2.45, 2.75) is 0 Å². The van der Waals surface area contributed by atoms with Gasteiger partial charge in [-0.3, -0.25) is 15.1 Å². The highest BCUT2D eigenvalue weighted by atomic mass is 32.1. The first-order chi connectivity index (χ1) is 12.7. The van der Waals surface area contributed by atoms with Gasteiger partial charge in [-0.15, -0.1) is 11.3 Å². The second-order valence-electron chi connectivity index (χ2n) is 5.32. The van der Waals surface area contributed by atoms with Crippen molar-refractivity contribution >= 4 is 22.4 Å². The Bertz CT molecular complexity index is 1060. The summed E-state index contributed by atoms with van der Waals surface area (Å²) in [5, 5.41) is 9.12. The lowest BCUT2D eigenvalue weighted by molar-refractivity contribution is 0.101. The molecule has 0 bridgehead atoms. The van der Waals surface area contributed by atoms with Crippen LogP contribution in [0, 0.1) is 5.82 Å². The van der Waals surface area contributed by atoms with Gasteiger partial charge in [0.25, 0.3) is 5.91 Å². The Kier molecular flexibility index (Phi) is 4.24. The van der Waals surface area contributed by atoms with Crippen molar-refractivity contribution in [3.8, 4) is 17.1 Å². The van der Waals surface area contributed by atoms with Crippen LogP contribution in [-0.4, -0.2) is 25.7 Å². The van der Waals surface area contributed by atoms with Crippen molar-refractivity contribution in [2.24, 2.45) is 0 Å². The largest absolute Gasteiger partial charge is 0.296 e. The highest BCUT2D eigenvalue weighted by Gasteiger charge is 2.16. The van der Waals surface area contributed by atoms with Gasteiger partial charge in [-0.1, -0.05) is 12.1 Å². The predicted molar refractivity (Wildman–Crippen MR) is 96.8 cm³/mol. The van der Waals surface area contributed by atoms with Gasteiger partial charge in [0.1, 0.15) is 17.2 Å². The second-order valence-corrected chi connectivity index (χ2v) is 6.17. The summed E-state index contributed by atoms with van der Waals surface area (Å²) in [7, 11) is 0. The summed E-state index contributed by atoms with van der Waals surface area (Å²) in [6.45, 7) is 0. The maximum atomic E-state index is 13.4. The molecule has 26 heavy (non-hydrogen) atoms. The Morgan fingerprint density at radius 2 is 2.00 bits per heavy atom. The molecule has 0 unspecified atom stereocenters. The Morgan fingerprint density at radius 1 is 1.08 bits per heavy atom. The number of carbonyl (C=O) groups excluding carboxylic acids is 1. The van der Waals surface area contributed by atoms with Crippen molar-refractivity contribution in [3.05, 3.63) is 77.8 Å². The second kappa shape index (κ2) is 6.85. The van der Waals surface area contributed by atoms with Gasteiger partial charge in [0.05, 0.1) is 17.6 Å². The molecule has 0 saturated heterocycles. The summed E-state index contributed by atoms with van der Waals surface area (Å²) in [5.74, 6) is -0.780. The van der Waals surface area contributed by atoms with E-state index >= 15 is 0 Å². The van der Waals surface area contributed by atoms with Crippen LogP contribution in [-0.2, 0) is 0 Å². The monoisotopic (exact) mass is 365 g/mol. The summed E-state index contributed by atoms with van der Waals surface area (Å²) >= 11 is 1.30. The summed E-state index contributed by atoms with van der Waals surface area (Å²) in [4.78, 5) is 21.2. The molecule has 1 N–H and O–H groups in total. The summed E-state index contributed by atoms with van der Waals surface area (Å²) in [5.41, 5.74) is 2.16. The molecule has 0 aliphatic carbocycles. The molecular formula is C18H12FN5OS. The van der Waals surface area contributed by atoms with Crippen LogP contribution in [0.3, 0.4) is 0 Å². The third-order valence-corrected chi connectivity index (χ3v) is 4.34. The van der Waals surface area contributed by atoms with E-state index in [2.05, 4.69) is 20.4 Å². The number of nitrogens with one attached hydrogen (secondary N) is 1. The number of pyridine rings is 1. The fourth-order valence-corrected chi connectivity index (χ4v) is 3.11. The van der Waals surface area contributed by atoms with E-state index in [0.29, 0.717) is 16.5 Å². The molecule has 4 rings (SSSR count). The number of anilines is 1. The molecule has 128 valence electrons. The lowest BCUT2D eigenvalue weighted by Crippen LogP contribution is -2.17. The molecule has 3 aromatic heterocycles. The van der Waals surface area contributed by atoms with Crippen molar-refractivity contribution in [3.63, 3.8) is 0 Å². The van der Waals surface area contributed by atoms with E-state index in [0.717, 1.165) is 5.69 Å². The normalized spacial score (nSPS) is 10.7. The molecule has 1 aromatic carbocycles. The maximum absolute atomic E-state index is 13.4. The van der Waals surface area contributed by atoms with E-state index in [9.17, 15) is 9.18 Å². The predicted octanol–water partition coefficient (Wildman–Crippen LogP) is 3.78. The smallest absolute Gasteiger partial charge is 0.276 e. The van der Waals surface area contributed by atoms with E-state index in [-0.39, 0.29) is 11.6 Å². The van der Waals surface area contributed by atoms with Crippen molar-refractivity contribution < 1.29 is 9.18 Å². The average molecular weight is 365 g/mol. The summed E-state index contributed by atoms with van der Waals surface area (Å²) in [6, 6.07) is 13.0. The van der Waals surface area contributed by atoms with Gasteiger partial charge in [0, 0.05) is 11.6 Å². The molecule has 6 nitrogen and oxygen atoms in total. The van der Waals surface area contributed by atoms with Gasteiger partial charge in [-0.2, -0.15) is 5.10 Å². The quantitative estimate of drug-likeness (QED) is 0.597. The van der Waals surface area contributed by atoms with Crippen LogP contribution < -0.4 is 5.32 Å². The zero-order chi connectivity index (χ0) is 17.9. The molecule has 0 atom stereocenters. The van der Waals surface area contributed by atoms with Crippen molar-refractivity contribution in [1.82, 2.24) is 19.7 Å². The van der Waals surface area contributed by atoms with E-state index in [1.807, 2.05) is 23.6 Å². The molecule has 0 spiro atoms. The number of aromatic nitrogens is 4. The number of benzene rings is 1. The fourth-order valence-electron chi connectivity index (χ4n) is 2.41. The van der Waals surface area contributed by atoms with Gasteiger partial charge in [0.15, 0.2) is 5.13 Å². The number of nitrogens with zero attached hydrogens (tertiary/aromatic N) is 4. The highest BCUT2D eigenvalue weighted by Crippen LogP contribution is 2.23. The Labute approximate surface area is 152 Å². The molecule has 4 aromatic rings. The van der Waals surface area contributed by atoms with Crippen LogP contribution >= 0.6 is 11.3 Å². The number of hydrogen-bond acceptors (Lipinski definition) is 5. The number of halogens is 1. The molecule has 3 heterocycles. The lowest BCUT2D eigenvalue weighted by atomic mass is 10.3. The Morgan fingerprint density at radius 3 is 2.81 bits per heavy atom. The highest BCUT2D eigenvalue weighted by molar-refractivity contribution is 7.14. The van der Waals surface area contributed by atoms with E-state index in [1.54, 1.807) is 24.4 Å². The van der Waals surface area contributed by atoms with E-state index < -0.39 is 5.82 Å². The standard InChI is InChI=1S/C18H12FN5OS/c19-12-4-3-5-13(10-12)24-16(7-9-21-24)17(25)23-18-22-15(11-26-18)14-6-1-2-8-20-14/h1-11H,(H,22,23,25). The zero-order valence-electron chi connectivity index (χ0n) is 13.3. The molecule has 0 aliphatic rings. The zero-order valence-corrected chi connectivity index (χ0v) is 14.2. The molecule has 0 radical (unpaired) electrons. The van der Waals surface area contributed by atoms with Crippen LogP contribution in [0.15, 0.2) is 66.3 Å². The minimum absolute atomic E-state index is 0.283. The minimum Gasteiger partial charge on any atom is -0.296 e. The van der Waals surface area contributed by atoms with Crippen LogP contribution in [0.4, 0.5) is 9.52 Å². The van der Waals surface area contributed by atoms with E-state index in [1.165, 1.54) is 34.3 Å². The average Bonchev–Trinajstić information content (AvgIpc) is 3.32. The minimum atomic E-state index is -0.399. The molecule has 0 fully saturated rings.